The van der Waals surface area contributed by atoms with Crippen LogP contribution in [0.15, 0.2) is 0 Å². The lowest BCUT2D eigenvalue weighted by molar-refractivity contribution is -0.100. The minimum atomic E-state index is 0.0507. The van der Waals surface area contributed by atoms with Crippen molar-refractivity contribution in [2.75, 3.05) is 20.3 Å². The van der Waals surface area contributed by atoms with Gasteiger partial charge in [0.2, 0.25) is 0 Å². The fourth-order valence-electron chi connectivity index (χ4n) is 4.79. The van der Waals surface area contributed by atoms with Crippen molar-refractivity contribution in [3.05, 3.63) is 0 Å². The number of piperidine rings is 1. The molecule has 136 valence electrons. The fraction of sp³-hybridized carbons (Fsp3) is 1.00. The summed E-state index contributed by atoms with van der Waals surface area (Å²) in [5.41, 5.74) is 0.183. The van der Waals surface area contributed by atoms with E-state index in [9.17, 15) is 0 Å². The van der Waals surface area contributed by atoms with Gasteiger partial charge in [-0.15, -0.1) is 0 Å². The van der Waals surface area contributed by atoms with E-state index in [0.717, 1.165) is 24.9 Å². The maximum atomic E-state index is 6.40. The summed E-state index contributed by atoms with van der Waals surface area (Å²) in [7, 11) is 8.23. The van der Waals surface area contributed by atoms with Crippen LogP contribution in [-0.2, 0) is 4.74 Å². The topological polar surface area (TPSA) is 12.5 Å². The van der Waals surface area contributed by atoms with Crippen LogP contribution in [0, 0.1) is 11.8 Å². The van der Waals surface area contributed by atoms with E-state index < -0.39 is 0 Å². The minimum Gasteiger partial charge on any atom is -0.383 e. The Labute approximate surface area is 148 Å². The van der Waals surface area contributed by atoms with Gasteiger partial charge in [-0.3, -0.25) is 4.90 Å². The van der Waals surface area contributed by atoms with Crippen molar-refractivity contribution >= 4 is 7.85 Å². The van der Waals surface area contributed by atoms with Crippen molar-refractivity contribution in [3.8, 4) is 0 Å². The minimum absolute atomic E-state index is 0.0507. The summed E-state index contributed by atoms with van der Waals surface area (Å²) < 4.78 is 5.59. The lowest BCUT2D eigenvalue weighted by Gasteiger charge is -2.58. The Hall–Kier alpha value is -0.0151. The largest absolute Gasteiger partial charge is 0.383 e. The molecule has 2 aliphatic rings. The van der Waals surface area contributed by atoms with Crippen LogP contribution in [0.3, 0.4) is 0 Å². The van der Waals surface area contributed by atoms with Crippen LogP contribution in [0.25, 0.3) is 0 Å². The molecule has 0 aromatic rings. The number of methoxy groups -OCH3 is 1. The molecule has 0 N–H and O–H groups in total. The second kappa shape index (κ2) is 10.1. The van der Waals surface area contributed by atoms with E-state index in [1.54, 1.807) is 0 Å². The van der Waals surface area contributed by atoms with E-state index >= 15 is 0 Å². The van der Waals surface area contributed by atoms with Crippen molar-refractivity contribution in [1.29, 1.82) is 0 Å². The zero-order valence-corrected chi connectivity index (χ0v) is 17.4. The normalized spacial score (nSPS) is 37.1. The molecule has 1 heterocycles. The Morgan fingerprint density at radius 1 is 1.13 bits per heavy atom. The third kappa shape index (κ3) is 5.49. The SMILES string of the molecule is CC.CC.[B]C1(C)CCC2C(CCN(C(C)C)C2(C)COC)C1. The second-order valence-electron chi connectivity index (χ2n) is 7.63. The van der Waals surface area contributed by atoms with Gasteiger partial charge in [0.05, 0.1) is 14.5 Å². The van der Waals surface area contributed by atoms with Gasteiger partial charge in [-0.25, -0.2) is 0 Å². The Bertz CT molecular complexity index is 319. The molecular formula is C20H42BNO. The van der Waals surface area contributed by atoms with Crippen LogP contribution >= 0.6 is 0 Å². The van der Waals surface area contributed by atoms with E-state index in [-0.39, 0.29) is 10.9 Å². The van der Waals surface area contributed by atoms with Gasteiger partial charge >= 0.3 is 0 Å². The number of hydrogen-bond acceptors (Lipinski definition) is 2. The molecule has 23 heavy (non-hydrogen) atoms. The van der Waals surface area contributed by atoms with Gasteiger partial charge in [-0.2, -0.15) is 0 Å². The predicted octanol–water partition coefficient (Wildman–Crippen LogP) is 5.32. The third-order valence-electron chi connectivity index (χ3n) is 5.58. The van der Waals surface area contributed by atoms with Gasteiger partial charge in [-0.05, 0) is 52.0 Å². The highest BCUT2D eigenvalue weighted by atomic mass is 16.5. The summed E-state index contributed by atoms with van der Waals surface area (Å²) in [6, 6.07) is 0.590. The maximum absolute atomic E-state index is 6.40. The molecule has 4 atom stereocenters. The van der Waals surface area contributed by atoms with Gasteiger partial charge in [0.1, 0.15) is 0 Å². The molecule has 0 amide bonds. The van der Waals surface area contributed by atoms with Crippen LogP contribution in [0.1, 0.15) is 81.1 Å². The summed E-state index contributed by atoms with van der Waals surface area (Å²) in [6.45, 7) is 19.3. The summed E-state index contributed by atoms with van der Waals surface area (Å²) in [5, 5.41) is 0.0507. The predicted molar refractivity (Wildman–Crippen MR) is 104 cm³/mol. The Kier molecular flexibility index (Phi) is 10.1. The Balaban J connectivity index is 0.00000112. The molecule has 1 aliphatic heterocycles. The molecule has 2 nitrogen and oxygen atoms in total. The number of nitrogens with zero attached hydrogens (tertiary/aromatic N) is 1. The summed E-state index contributed by atoms with van der Waals surface area (Å²) in [4.78, 5) is 2.66. The first-order valence-corrected chi connectivity index (χ1v) is 9.85. The molecule has 0 aromatic carbocycles. The molecule has 2 fully saturated rings. The highest BCUT2D eigenvalue weighted by Gasteiger charge is 2.50. The first-order valence-electron chi connectivity index (χ1n) is 9.85. The lowest BCUT2D eigenvalue weighted by atomic mass is 9.52. The van der Waals surface area contributed by atoms with Crippen LogP contribution in [0.5, 0.6) is 0 Å². The lowest BCUT2D eigenvalue weighted by Crippen LogP contribution is -2.63. The first-order chi connectivity index (χ1) is 10.8. The van der Waals surface area contributed by atoms with Crippen molar-refractivity contribution in [1.82, 2.24) is 4.90 Å². The van der Waals surface area contributed by atoms with E-state index in [0.29, 0.717) is 6.04 Å². The highest BCUT2D eigenvalue weighted by Crippen LogP contribution is 2.53. The zero-order valence-electron chi connectivity index (χ0n) is 17.4. The Morgan fingerprint density at radius 3 is 2.17 bits per heavy atom. The summed E-state index contributed by atoms with van der Waals surface area (Å²) >= 11 is 0. The number of fused-ring (bicyclic) bond motifs is 1. The van der Waals surface area contributed by atoms with E-state index in [4.69, 9.17) is 12.6 Å². The number of hydrogen-bond donors (Lipinski definition) is 0. The number of rotatable bonds is 3. The fourth-order valence-corrected chi connectivity index (χ4v) is 4.79. The average Bonchev–Trinajstić information content (AvgIpc) is 2.50. The second-order valence-corrected chi connectivity index (χ2v) is 7.63. The number of ether oxygens (including phenoxy) is 1. The van der Waals surface area contributed by atoms with E-state index in [2.05, 4.69) is 32.6 Å². The molecule has 4 unspecified atom stereocenters. The van der Waals surface area contributed by atoms with Crippen molar-refractivity contribution in [3.63, 3.8) is 0 Å². The standard InChI is InChI=1S/C16H30BNO.2C2H6/c1-12(2)18-9-7-13-10-15(3,17)8-6-14(13)16(18,4)11-19-5;2*1-2/h12-14H,6-11H2,1-5H3;2*1-2H3. The summed E-state index contributed by atoms with van der Waals surface area (Å²) in [5.74, 6) is 1.51. The molecule has 2 rings (SSSR count). The van der Waals surface area contributed by atoms with E-state index in [1.165, 1.54) is 25.8 Å². The smallest absolute Gasteiger partial charge is 0.0742 e. The van der Waals surface area contributed by atoms with Crippen LogP contribution in [-0.4, -0.2) is 44.6 Å². The first kappa shape index (κ1) is 23.0. The zero-order chi connectivity index (χ0) is 18.3. The molecule has 1 saturated heterocycles. The van der Waals surface area contributed by atoms with Crippen LogP contribution in [0.4, 0.5) is 0 Å². The molecule has 1 saturated carbocycles. The molecule has 1 aliphatic carbocycles. The van der Waals surface area contributed by atoms with Crippen molar-refractivity contribution < 1.29 is 4.74 Å². The molecular weight excluding hydrogens is 281 g/mol. The maximum Gasteiger partial charge on any atom is 0.0742 e. The number of likely N-dealkylation sites (tertiary alicyclic amines) is 1. The average molecular weight is 323 g/mol. The Morgan fingerprint density at radius 2 is 1.70 bits per heavy atom. The summed E-state index contributed by atoms with van der Waals surface area (Å²) in [6.07, 6.45) is 4.89. The van der Waals surface area contributed by atoms with Gasteiger partial charge in [0.15, 0.2) is 0 Å². The quantitative estimate of drug-likeness (QED) is 0.652. The molecule has 0 aromatic heterocycles. The highest BCUT2D eigenvalue weighted by molar-refractivity contribution is 6.14. The van der Waals surface area contributed by atoms with Crippen molar-refractivity contribution in [2.24, 2.45) is 11.8 Å². The van der Waals surface area contributed by atoms with E-state index in [1.807, 2.05) is 34.8 Å². The monoisotopic (exact) mass is 323 g/mol. The van der Waals surface area contributed by atoms with Crippen LogP contribution in [0.2, 0.25) is 5.31 Å². The molecule has 0 spiro atoms. The molecule has 3 heteroatoms. The molecule has 2 radical (unpaired) electrons. The van der Waals surface area contributed by atoms with Crippen LogP contribution < -0.4 is 0 Å². The molecule has 0 bridgehead atoms. The third-order valence-corrected chi connectivity index (χ3v) is 5.58. The van der Waals surface area contributed by atoms with Gasteiger partial charge < -0.3 is 4.74 Å². The van der Waals surface area contributed by atoms with Crippen molar-refractivity contribution in [2.45, 2.75) is 98.0 Å². The van der Waals surface area contributed by atoms with Gasteiger partial charge in [-0.1, -0.05) is 52.8 Å². The van der Waals surface area contributed by atoms with Gasteiger partial charge in [0, 0.05) is 18.7 Å². The van der Waals surface area contributed by atoms with Gasteiger partial charge in [0.25, 0.3) is 0 Å².